The van der Waals surface area contributed by atoms with Gasteiger partial charge in [-0.05, 0) is 46.0 Å². The van der Waals surface area contributed by atoms with Gasteiger partial charge in [0.25, 0.3) is 5.91 Å². The molecule has 2 aliphatic heterocycles. The number of halogens is 5. The Morgan fingerprint density at radius 1 is 0.741 bits per heavy atom. The van der Waals surface area contributed by atoms with Crippen molar-refractivity contribution in [3.8, 4) is 11.1 Å². The number of aliphatic hydroxyl groups is 1. The second kappa shape index (κ2) is 16.4. The van der Waals surface area contributed by atoms with Crippen molar-refractivity contribution in [3.63, 3.8) is 0 Å². The van der Waals surface area contributed by atoms with Crippen LogP contribution in [0.5, 0.6) is 0 Å². The molecule has 3 atom stereocenters. The van der Waals surface area contributed by atoms with E-state index in [0.29, 0.717) is 24.5 Å². The lowest BCUT2D eigenvalue weighted by molar-refractivity contribution is -0.253. The Balaban J connectivity index is 1.07. The first kappa shape index (κ1) is 37.1. The van der Waals surface area contributed by atoms with E-state index in [-0.39, 0.29) is 25.4 Å². The molecule has 280 valence electrons. The summed E-state index contributed by atoms with van der Waals surface area (Å²) in [5.74, 6) is -11.9. The van der Waals surface area contributed by atoms with Gasteiger partial charge in [-0.3, -0.25) is 9.69 Å². The Hall–Kier alpha value is -5.28. The van der Waals surface area contributed by atoms with Crippen molar-refractivity contribution in [3.05, 3.63) is 148 Å². The molecule has 1 aromatic heterocycles. The highest BCUT2D eigenvalue weighted by Gasteiger charge is 2.34. The van der Waals surface area contributed by atoms with Gasteiger partial charge >= 0.3 is 0 Å². The van der Waals surface area contributed by atoms with Crippen LogP contribution in [0.25, 0.3) is 11.1 Å². The maximum atomic E-state index is 14.2. The SMILES string of the molecule is O=C(NCc1cccc(-c2cccc([C@@H]3O[C@H](CN4CCN(c5ncccn5)CC4)C[C@H](c4ccc(CO)cc4)O3)c2)c1)c1c(F)c(F)c(F)c(F)c1F. The van der Waals surface area contributed by atoms with Crippen LogP contribution in [0, 0.1) is 29.1 Å². The summed E-state index contributed by atoms with van der Waals surface area (Å²) >= 11 is 0. The average Bonchev–Trinajstić information content (AvgIpc) is 3.22. The monoisotopic (exact) mass is 745 g/mol. The molecule has 0 radical (unpaired) electrons. The Morgan fingerprint density at radius 3 is 2.07 bits per heavy atom. The molecule has 0 aliphatic carbocycles. The van der Waals surface area contributed by atoms with Crippen molar-refractivity contribution in [2.45, 2.75) is 38.1 Å². The van der Waals surface area contributed by atoms with E-state index >= 15 is 0 Å². The van der Waals surface area contributed by atoms with Gasteiger partial charge in [-0.15, -0.1) is 0 Å². The third-order valence-corrected chi connectivity index (χ3v) is 9.59. The van der Waals surface area contributed by atoms with Crippen LogP contribution >= 0.6 is 0 Å². The van der Waals surface area contributed by atoms with E-state index in [1.807, 2.05) is 54.6 Å². The number of amides is 1. The van der Waals surface area contributed by atoms with Crippen molar-refractivity contribution in [2.75, 3.05) is 37.6 Å². The van der Waals surface area contributed by atoms with Crippen LogP contribution in [0.3, 0.4) is 0 Å². The number of carbonyl (C=O) groups excluding carboxylic acids is 1. The van der Waals surface area contributed by atoms with E-state index in [2.05, 4.69) is 25.1 Å². The lowest BCUT2D eigenvalue weighted by atomic mass is 9.98. The second-order valence-electron chi connectivity index (χ2n) is 13.1. The zero-order valence-corrected chi connectivity index (χ0v) is 28.9. The molecule has 4 aromatic carbocycles. The lowest BCUT2D eigenvalue weighted by Gasteiger charge is -2.40. The quantitative estimate of drug-likeness (QED) is 0.0935. The minimum atomic E-state index is -2.34. The average molecular weight is 746 g/mol. The fourth-order valence-electron chi connectivity index (χ4n) is 6.71. The number of ether oxygens (including phenoxy) is 2. The van der Waals surface area contributed by atoms with Gasteiger partial charge in [-0.2, -0.15) is 0 Å². The molecule has 2 aliphatic rings. The summed E-state index contributed by atoms with van der Waals surface area (Å²) in [4.78, 5) is 25.8. The predicted molar refractivity (Wildman–Crippen MR) is 188 cm³/mol. The number of nitrogens with one attached hydrogen (secondary N) is 1. The van der Waals surface area contributed by atoms with Crippen LogP contribution in [0.1, 0.15) is 51.4 Å². The van der Waals surface area contributed by atoms with Crippen molar-refractivity contribution in [1.82, 2.24) is 20.2 Å². The van der Waals surface area contributed by atoms with Gasteiger partial charge in [-0.25, -0.2) is 31.9 Å². The van der Waals surface area contributed by atoms with Crippen LogP contribution in [0.2, 0.25) is 0 Å². The standard InChI is InChI=1S/C40H36F5N5O4/c41-33-32(34(42)36(44)37(45)35(33)43)38(52)48-21-25-4-1-5-27(18-25)28-6-2-7-29(19-28)39-53-30(20-31(54-39)26-10-8-24(23-51)9-11-26)22-49-14-16-50(17-15-49)40-46-12-3-13-47-40/h1-13,18-19,30-31,39,51H,14-17,20-23H2,(H,48,52)/t30-,31+,39+/m0/s1. The zero-order chi connectivity index (χ0) is 37.8. The van der Waals surface area contributed by atoms with Gasteiger partial charge in [0.15, 0.2) is 29.6 Å². The lowest BCUT2D eigenvalue weighted by Crippen LogP contribution is -2.50. The fraction of sp³-hybridized carbons (Fsp3) is 0.275. The number of piperazine rings is 1. The van der Waals surface area contributed by atoms with Crippen molar-refractivity contribution in [2.24, 2.45) is 0 Å². The normalized spacial score (nSPS) is 19.1. The van der Waals surface area contributed by atoms with Gasteiger partial charge in [-0.1, -0.05) is 60.7 Å². The smallest absolute Gasteiger partial charge is 0.257 e. The summed E-state index contributed by atoms with van der Waals surface area (Å²) in [5, 5.41) is 11.8. The maximum Gasteiger partial charge on any atom is 0.257 e. The second-order valence-corrected chi connectivity index (χ2v) is 13.1. The number of rotatable bonds is 10. The third kappa shape index (κ3) is 8.11. The first-order valence-corrected chi connectivity index (χ1v) is 17.4. The molecule has 0 saturated carbocycles. The maximum absolute atomic E-state index is 14.2. The van der Waals surface area contributed by atoms with Crippen LogP contribution < -0.4 is 10.2 Å². The fourth-order valence-corrected chi connectivity index (χ4v) is 6.71. The van der Waals surface area contributed by atoms with Crippen molar-refractivity contribution in [1.29, 1.82) is 0 Å². The summed E-state index contributed by atoms with van der Waals surface area (Å²) in [6, 6.07) is 24.0. The molecule has 3 heterocycles. The molecule has 54 heavy (non-hydrogen) atoms. The number of anilines is 1. The van der Waals surface area contributed by atoms with E-state index in [9.17, 15) is 31.9 Å². The first-order valence-electron chi connectivity index (χ1n) is 17.4. The minimum absolute atomic E-state index is 0.0636. The van der Waals surface area contributed by atoms with E-state index < -0.39 is 46.8 Å². The van der Waals surface area contributed by atoms with Gasteiger partial charge < -0.3 is 24.8 Å². The van der Waals surface area contributed by atoms with Gasteiger partial charge in [0.05, 0.1) is 18.8 Å². The Morgan fingerprint density at radius 2 is 1.39 bits per heavy atom. The number of hydrogen-bond donors (Lipinski definition) is 2. The van der Waals surface area contributed by atoms with E-state index in [4.69, 9.17) is 9.47 Å². The largest absolute Gasteiger partial charge is 0.392 e. The first-order chi connectivity index (χ1) is 26.2. The summed E-state index contributed by atoms with van der Waals surface area (Å²) in [5.41, 5.74) is 3.03. The van der Waals surface area contributed by atoms with E-state index in [1.165, 1.54) is 0 Å². The molecule has 0 bridgehead atoms. The van der Waals surface area contributed by atoms with Crippen LogP contribution in [0.4, 0.5) is 27.9 Å². The molecular weight excluding hydrogens is 709 g/mol. The number of aromatic nitrogens is 2. The highest BCUT2D eigenvalue weighted by molar-refractivity contribution is 5.94. The highest BCUT2D eigenvalue weighted by Crippen LogP contribution is 2.39. The van der Waals surface area contributed by atoms with Crippen LogP contribution in [-0.4, -0.2) is 64.7 Å². The molecular formula is C40H36F5N5O4. The predicted octanol–water partition coefficient (Wildman–Crippen LogP) is 6.63. The molecule has 0 spiro atoms. The van der Waals surface area contributed by atoms with Crippen LogP contribution in [0.15, 0.2) is 91.3 Å². The Kier molecular flexibility index (Phi) is 11.2. The molecule has 7 rings (SSSR count). The van der Waals surface area contributed by atoms with Crippen molar-refractivity contribution >= 4 is 11.9 Å². The zero-order valence-electron chi connectivity index (χ0n) is 28.9. The van der Waals surface area contributed by atoms with Gasteiger partial charge in [0.1, 0.15) is 5.56 Å². The van der Waals surface area contributed by atoms with Gasteiger partial charge in [0.2, 0.25) is 11.8 Å². The van der Waals surface area contributed by atoms with Gasteiger partial charge in [0, 0.05) is 63.6 Å². The third-order valence-electron chi connectivity index (χ3n) is 9.59. The summed E-state index contributed by atoms with van der Waals surface area (Å²) in [6.45, 7) is 3.57. The van der Waals surface area contributed by atoms with E-state index in [0.717, 1.165) is 54.0 Å². The molecule has 9 nitrogen and oxygen atoms in total. The van der Waals surface area contributed by atoms with E-state index in [1.54, 1.807) is 36.7 Å². The number of nitrogens with zero attached hydrogens (tertiary/aromatic N) is 4. The summed E-state index contributed by atoms with van der Waals surface area (Å²) < 4.78 is 82.5. The van der Waals surface area contributed by atoms with Crippen molar-refractivity contribution < 1.29 is 41.3 Å². The molecule has 2 fully saturated rings. The number of benzene rings is 4. The number of carbonyl (C=O) groups is 1. The summed E-state index contributed by atoms with van der Waals surface area (Å²) in [6.07, 6.45) is 2.93. The Bertz CT molecular complexity index is 2070. The Labute approximate surface area is 308 Å². The molecule has 1 amide bonds. The van der Waals surface area contributed by atoms with Crippen LogP contribution in [-0.2, 0) is 22.6 Å². The topological polar surface area (TPSA) is 100 Å². The minimum Gasteiger partial charge on any atom is -0.392 e. The molecule has 0 unspecified atom stereocenters. The molecule has 5 aromatic rings. The molecule has 14 heteroatoms. The number of hydrogen-bond acceptors (Lipinski definition) is 8. The highest BCUT2D eigenvalue weighted by atomic mass is 19.2. The molecule has 2 N–H and O–H groups in total. The molecule has 2 saturated heterocycles. The number of aliphatic hydroxyl groups excluding tert-OH is 1. The summed E-state index contributed by atoms with van der Waals surface area (Å²) in [7, 11) is 0.